The number of aliphatic imine (C=N–C) groups is 1. The Morgan fingerprint density at radius 3 is 2.63 bits per heavy atom. The molecule has 5 aromatic rings. The van der Waals surface area contributed by atoms with Crippen molar-refractivity contribution in [1.29, 1.82) is 0 Å². The molecule has 2 aliphatic rings. The molecule has 13 heteroatoms. The van der Waals surface area contributed by atoms with E-state index >= 15 is 0 Å². The number of rotatable bonds is 12. The molecule has 1 aliphatic carbocycles. The molecule has 0 radical (unpaired) electrons. The van der Waals surface area contributed by atoms with Gasteiger partial charge in [0.05, 0.1) is 31.5 Å². The van der Waals surface area contributed by atoms with Crippen molar-refractivity contribution >= 4 is 57.5 Å². The van der Waals surface area contributed by atoms with E-state index < -0.39 is 13.0 Å². The van der Waals surface area contributed by atoms with Gasteiger partial charge in [-0.05, 0) is 83.7 Å². The molecule has 1 unspecified atom stereocenters. The highest BCUT2D eigenvalue weighted by Gasteiger charge is 2.31. The number of carbonyl (C=O) groups excluding carboxylic acids is 3. The summed E-state index contributed by atoms with van der Waals surface area (Å²) in [4.78, 5) is 42.2. The molecule has 49 heavy (non-hydrogen) atoms. The number of hydrogen-bond acceptors (Lipinski definition) is 9. The first-order valence-corrected chi connectivity index (χ1v) is 17.2. The first-order valence-electron chi connectivity index (χ1n) is 16.3. The molecule has 0 spiro atoms. The Kier molecular flexibility index (Phi) is 9.11. The van der Waals surface area contributed by atoms with Crippen molar-refractivity contribution in [3.8, 4) is 11.4 Å². The molecule has 1 atom stereocenters. The number of hydrogen-bond donors (Lipinski definition) is 3. The van der Waals surface area contributed by atoms with Gasteiger partial charge in [0.25, 0.3) is 0 Å². The van der Waals surface area contributed by atoms with Crippen LogP contribution in [0.4, 0.5) is 0 Å². The van der Waals surface area contributed by atoms with E-state index in [0.29, 0.717) is 47.9 Å². The summed E-state index contributed by atoms with van der Waals surface area (Å²) in [6.45, 7) is 0.872. The average Bonchev–Trinajstić information content (AvgIpc) is 3.82. The number of amides is 2. The van der Waals surface area contributed by atoms with Gasteiger partial charge in [-0.2, -0.15) is 0 Å². The summed E-state index contributed by atoms with van der Waals surface area (Å²) in [5.74, 6) is 1.86. The van der Waals surface area contributed by atoms with Crippen LogP contribution in [0.15, 0.2) is 71.0 Å². The zero-order valence-corrected chi connectivity index (χ0v) is 28.0. The number of nitrogens with one attached hydrogen (secondary N) is 2. The van der Waals surface area contributed by atoms with E-state index in [9.17, 15) is 19.4 Å². The molecule has 0 saturated heterocycles. The van der Waals surface area contributed by atoms with E-state index in [1.165, 1.54) is 18.4 Å². The number of benzene rings is 3. The predicted molar refractivity (Wildman–Crippen MR) is 190 cm³/mol. The lowest BCUT2D eigenvalue weighted by Gasteiger charge is -2.14. The Hall–Kier alpha value is -5.14. The Bertz CT molecular complexity index is 2090. The van der Waals surface area contributed by atoms with Crippen LogP contribution in [0.1, 0.15) is 65.1 Å². The second-order valence-electron chi connectivity index (χ2n) is 12.4. The molecule has 1 saturated carbocycles. The lowest BCUT2D eigenvalue weighted by molar-refractivity contribution is -0.126. The third-order valence-corrected chi connectivity index (χ3v) is 10.1. The Morgan fingerprint density at radius 2 is 1.88 bits per heavy atom. The monoisotopic (exact) mass is 674 g/mol. The SMILES string of the molecule is COc1ccc2c(c1)C(c1ccc(C3CC3)cc1)=NC(CC(=O)NCC(=O)NCCc1csc3ccc(B(O)C=O)cc13)c1nnc(C)n1-2. The van der Waals surface area contributed by atoms with Crippen LogP contribution in [0.5, 0.6) is 5.75 Å². The number of aryl methyl sites for hydroxylation is 1. The Balaban J connectivity index is 1.05. The standard InChI is InChI=1S/C36H35BN6O5S/c1-21-41-42-36-30(17-33(45)39-18-34(46)38-14-13-25-19-49-32-12-9-26(15-28(25)32)37(47)20-44)40-35(24-7-5-23(6-8-24)22-3-4-22)29-16-27(48-2)10-11-31(29)43(21)36/h5-12,15-16,19-20,22,30,47H,3-4,13-14,17-18H2,1-2H3,(H,38,46)(H,39,45). The second kappa shape index (κ2) is 13.8. The highest BCUT2D eigenvalue weighted by molar-refractivity contribution is 7.17. The van der Waals surface area contributed by atoms with E-state index in [2.05, 4.69) is 45.1 Å². The molecular formula is C36H35BN6O5S. The average molecular weight is 675 g/mol. The van der Waals surface area contributed by atoms with Gasteiger partial charge in [0.2, 0.25) is 11.8 Å². The van der Waals surface area contributed by atoms with Gasteiger partial charge in [-0.1, -0.05) is 36.4 Å². The maximum Gasteiger partial charge on any atom is 0.395 e. The van der Waals surface area contributed by atoms with E-state index in [0.717, 1.165) is 38.2 Å². The van der Waals surface area contributed by atoms with Crippen LogP contribution in [-0.2, 0) is 20.8 Å². The van der Waals surface area contributed by atoms with E-state index in [1.807, 2.05) is 47.2 Å². The molecule has 2 aromatic heterocycles. The van der Waals surface area contributed by atoms with Crippen LogP contribution < -0.4 is 20.8 Å². The van der Waals surface area contributed by atoms with Crippen molar-refractivity contribution in [2.24, 2.45) is 4.99 Å². The summed E-state index contributed by atoms with van der Waals surface area (Å²) >= 11 is 1.56. The van der Waals surface area contributed by atoms with Gasteiger partial charge in [0, 0.05) is 22.4 Å². The molecular weight excluding hydrogens is 639 g/mol. The van der Waals surface area contributed by atoms with Gasteiger partial charge < -0.3 is 25.2 Å². The predicted octanol–water partition coefficient (Wildman–Crippen LogP) is 3.40. The fraction of sp³-hybridized carbons (Fsp3) is 0.278. The fourth-order valence-corrected chi connectivity index (χ4v) is 7.26. The van der Waals surface area contributed by atoms with Crippen LogP contribution in [0.3, 0.4) is 0 Å². The number of nitrogens with zero attached hydrogens (tertiary/aromatic N) is 4. The van der Waals surface area contributed by atoms with Gasteiger partial charge in [0.1, 0.15) is 23.8 Å². The summed E-state index contributed by atoms with van der Waals surface area (Å²) < 4.78 is 8.54. The van der Waals surface area contributed by atoms with Crippen molar-refractivity contribution < 1.29 is 24.1 Å². The third-order valence-electron chi connectivity index (χ3n) is 9.05. The highest BCUT2D eigenvalue weighted by Crippen LogP contribution is 2.40. The summed E-state index contributed by atoms with van der Waals surface area (Å²) in [7, 11) is 1.63. The summed E-state index contributed by atoms with van der Waals surface area (Å²) in [6, 6.07) is 19.0. The maximum absolute atomic E-state index is 13.3. The molecule has 1 aliphatic heterocycles. The molecule has 7 rings (SSSR count). The van der Waals surface area contributed by atoms with Gasteiger partial charge in [-0.25, -0.2) is 0 Å². The lowest BCUT2D eigenvalue weighted by atomic mass is 9.63. The van der Waals surface area contributed by atoms with Crippen LogP contribution in [0, 0.1) is 6.92 Å². The van der Waals surface area contributed by atoms with E-state index in [-0.39, 0.29) is 24.8 Å². The van der Waals surface area contributed by atoms with Gasteiger partial charge in [-0.15, -0.1) is 21.5 Å². The molecule has 11 nitrogen and oxygen atoms in total. The number of carbonyl (C=O) groups is 3. The zero-order valence-electron chi connectivity index (χ0n) is 27.2. The van der Waals surface area contributed by atoms with Gasteiger partial charge >= 0.3 is 6.92 Å². The highest BCUT2D eigenvalue weighted by atomic mass is 32.1. The zero-order chi connectivity index (χ0) is 34.1. The van der Waals surface area contributed by atoms with Crippen LogP contribution in [0.2, 0.25) is 0 Å². The first kappa shape index (κ1) is 32.4. The van der Waals surface area contributed by atoms with Crippen molar-refractivity contribution in [1.82, 2.24) is 25.4 Å². The van der Waals surface area contributed by atoms with E-state index in [4.69, 9.17) is 9.73 Å². The fourth-order valence-electron chi connectivity index (χ4n) is 6.28. The second-order valence-corrected chi connectivity index (χ2v) is 13.3. The number of methoxy groups -OCH3 is 1. The molecule has 0 bridgehead atoms. The number of aromatic nitrogens is 3. The summed E-state index contributed by atoms with van der Waals surface area (Å²) in [5, 5.41) is 27.3. The largest absolute Gasteiger partial charge is 0.497 e. The number of ether oxygens (including phenoxy) is 1. The summed E-state index contributed by atoms with van der Waals surface area (Å²) in [6.07, 6.45) is 3.45. The van der Waals surface area contributed by atoms with Crippen LogP contribution in [0.25, 0.3) is 15.8 Å². The Labute approximate surface area is 287 Å². The number of fused-ring (bicyclic) bond motifs is 4. The molecule has 3 N–H and O–H groups in total. The topological polar surface area (TPSA) is 148 Å². The van der Waals surface area contributed by atoms with Crippen molar-refractivity contribution in [2.45, 2.75) is 44.6 Å². The van der Waals surface area contributed by atoms with Crippen molar-refractivity contribution in [3.05, 3.63) is 99.9 Å². The van der Waals surface area contributed by atoms with Crippen molar-refractivity contribution in [3.63, 3.8) is 0 Å². The molecule has 2 amide bonds. The maximum atomic E-state index is 13.3. The third kappa shape index (κ3) is 6.77. The van der Waals surface area contributed by atoms with Gasteiger partial charge in [0.15, 0.2) is 5.82 Å². The quantitative estimate of drug-likeness (QED) is 0.136. The van der Waals surface area contributed by atoms with E-state index in [1.54, 1.807) is 24.5 Å². The minimum atomic E-state index is -1.17. The van der Waals surface area contributed by atoms with Crippen LogP contribution in [-0.4, -0.2) is 70.6 Å². The Morgan fingerprint density at radius 1 is 1.06 bits per heavy atom. The van der Waals surface area contributed by atoms with Gasteiger partial charge in [-0.3, -0.25) is 19.1 Å². The normalized spacial score (nSPS) is 15.1. The first-order chi connectivity index (χ1) is 23.8. The smallest absolute Gasteiger partial charge is 0.395 e. The summed E-state index contributed by atoms with van der Waals surface area (Å²) in [5.41, 5.74) is 6.20. The van der Waals surface area contributed by atoms with Crippen LogP contribution >= 0.6 is 11.3 Å². The molecule has 3 heterocycles. The minimum Gasteiger partial charge on any atom is -0.497 e. The lowest BCUT2D eigenvalue weighted by Crippen LogP contribution is -2.38. The van der Waals surface area contributed by atoms with Crippen molar-refractivity contribution in [2.75, 3.05) is 20.2 Å². The molecule has 3 aromatic carbocycles. The molecule has 1 fully saturated rings. The number of thiophene rings is 1. The molecule has 248 valence electrons. The minimum absolute atomic E-state index is 0.0317.